The van der Waals surface area contributed by atoms with Gasteiger partial charge in [-0.3, -0.25) is 4.79 Å². The Morgan fingerprint density at radius 3 is 2.45 bits per heavy atom. The molecular formula is C17H28N2O. The van der Waals surface area contributed by atoms with Crippen LogP contribution in [0.1, 0.15) is 51.1 Å². The number of carbonyl (C=O) groups excluding carboxylic acids is 1. The predicted molar refractivity (Wildman–Crippen MR) is 84.3 cm³/mol. The van der Waals surface area contributed by atoms with E-state index in [0.717, 1.165) is 19.3 Å². The number of carbonyl (C=O) groups is 1. The van der Waals surface area contributed by atoms with Gasteiger partial charge in [0.2, 0.25) is 5.91 Å². The van der Waals surface area contributed by atoms with Crippen LogP contribution in [0.3, 0.4) is 0 Å². The van der Waals surface area contributed by atoms with Crippen LogP contribution < -0.4 is 5.73 Å². The molecule has 0 bridgehead atoms. The first-order valence-corrected chi connectivity index (χ1v) is 7.60. The standard InChI is InChI=1S/C17H28N2O/c1-4-15(12-13-18)10-11-17(20)19(3)14(2)16-8-6-5-7-9-16/h5-9,14-15H,4,10-13,18H2,1-3H3. The van der Waals surface area contributed by atoms with Crippen molar-refractivity contribution in [2.24, 2.45) is 11.7 Å². The second kappa shape index (κ2) is 8.75. The SMILES string of the molecule is CCC(CCN)CCC(=O)N(C)C(C)c1ccccc1. The lowest BCUT2D eigenvalue weighted by Crippen LogP contribution is -2.29. The van der Waals surface area contributed by atoms with Crippen LogP contribution in [0, 0.1) is 5.92 Å². The first kappa shape index (κ1) is 16.7. The maximum atomic E-state index is 12.3. The second-order valence-electron chi connectivity index (χ2n) is 5.48. The van der Waals surface area contributed by atoms with Crippen LogP contribution in [-0.4, -0.2) is 24.4 Å². The first-order chi connectivity index (χ1) is 9.60. The zero-order chi connectivity index (χ0) is 15.0. The number of hydrogen-bond acceptors (Lipinski definition) is 2. The molecule has 0 aromatic heterocycles. The Bertz CT molecular complexity index is 391. The molecule has 0 saturated carbocycles. The summed E-state index contributed by atoms with van der Waals surface area (Å²) in [6.45, 7) is 4.95. The Labute approximate surface area is 123 Å². The van der Waals surface area contributed by atoms with Crippen LogP contribution in [0.4, 0.5) is 0 Å². The van der Waals surface area contributed by atoms with Crippen LogP contribution in [0.15, 0.2) is 30.3 Å². The Balaban J connectivity index is 2.50. The molecule has 1 amide bonds. The summed E-state index contributed by atoms with van der Waals surface area (Å²) >= 11 is 0. The van der Waals surface area contributed by atoms with E-state index < -0.39 is 0 Å². The second-order valence-corrected chi connectivity index (χ2v) is 5.48. The molecule has 20 heavy (non-hydrogen) atoms. The van der Waals surface area contributed by atoms with Crippen molar-refractivity contribution in [2.75, 3.05) is 13.6 Å². The summed E-state index contributed by atoms with van der Waals surface area (Å²) < 4.78 is 0. The van der Waals surface area contributed by atoms with Crippen molar-refractivity contribution in [2.45, 2.75) is 45.6 Å². The molecule has 0 aliphatic carbocycles. The van der Waals surface area contributed by atoms with Gasteiger partial charge >= 0.3 is 0 Å². The number of hydrogen-bond donors (Lipinski definition) is 1. The van der Waals surface area contributed by atoms with Gasteiger partial charge in [0.1, 0.15) is 0 Å². The maximum absolute atomic E-state index is 12.3. The fourth-order valence-corrected chi connectivity index (χ4v) is 2.46. The largest absolute Gasteiger partial charge is 0.339 e. The van der Waals surface area contributed by atoms with Crippen LogP contribution in [-0.2, 0) is 4.79 Å². The smallest absolute Gasteiger partial charge is 0.222 e. The van der Waals surface area contributed by atoms with Gasteiger partial charge < -0.3 is 10.6 Å². The highest BCUT2D eigenvalue weighted by Crippen LogP contribution is 2.21. The number of nitrogens with two attached hydrogens (primary N) is 1. The van der Waals surface area contributed by atoms with Gasteiger partial charge in [-0.2, -0.15) is 0 Å². The van der Waals surface area contributed by atoms with Crippen molar-refractivity contribution in [3.8, 4) is 0 Å². The van der Waals surface area contributed by atoms with Crippen LogP contribution in [0.2, 0.25) is 0 Å². The van der Waals surface area contributed by atoms with Gasteiger partial charge in [0.25, 0.3) is 0 Å². The van der Waals surface area contributed by atoms with Crippen molar-refractivity contribution in [3.63, 3.8) is 0 Å². The summed E-state index contributed by atoms with van der Waals surface area (Å²) in [5.74, 6) is 0.793. The highest BCUT2D eigenvalue weighted by Gasteiger charge is 2.18. The number of amides is 1. The molecule has 3 nitrogen and oxygen atoms in total. The van der Waals surface area contributed by atoms with Crippen LogP contribution in [0.25, 0.3) is 0 Å². The Kier molecular flexibility index (Phi) is 7.31. The third-order valence-corrected chi connectivity index (χ3v) is 4.18. The minimum Gasteiger partial charge on any atom is -0.339 e. The molecule has 1 rings (SSSR count). The summed E-state index contributed by atoms with van der Waals surface area (Å²) in [5, 5.41) is 0. The molecule has 3 heteroatoms. The van der Waals surface area contributed by atoms with Crippen molar-refractivity contribution in [1.29, 1.82) is 0 Å². The first-order valence-electron chi connectivity index (χ1n) is 7.60. The van der Waals surface area contributed by atoms with Gasteiger partial charge in [0.05, 0.1) is 6.04 Å². The summed E-state index contributed by atoms with van der Waals surface area (Å²) in [5.41, 5.74) is 6.78. The molecule has 0 aliphatic heterocycles. The molecule has 0 spiro atoms. The average molecular weight is 276 g/mol. The molecule has 0 saturated heterocycles. The molecule has 2 atom stereocenters. The van der Waals surface area contributed by atoms with E-state index in [0.29, 0.717) is 18.9 Å². The van der Waals surface area contributed by atoms with E-state index in [1.165, 1.54) is 5.56 Å². The molecule has 2 unspecified atom stereocenters. The summed E-state index contributed by atoms with van der Waals surface area (Å²) in [4.78, 5) is 14.1. The summed E-state index contributed by atoms with van der Waals surface area (Å²) in [6, 6.07) is 10.3. The third-order valence-electron chi connectivity index (χ3n) is 4.18. The predicted octanol–water partition coefficient (Wildman–Crippen LogP) is 3.36. The average Bonchev–Trinajstić information content (AvgIpc) is 2.50. The normalized spacial score (nSPS) is 13.8. The molecule has 112 valence electrons. The Hall–Kier alpha value is -1.35. The minimum atomic E-state index is 0.123. The van der Waals surface area contributed by atoms with E-state index in [-0.39, 0.29) is 11.9 Å². The Morgan fingerprint density at radius 2 is 1.90 bits per heavy atom. The van der Waals surface area contributed by atoms with E-state index >= 15 is 0 Å². The topological polar surface area (TPSA) is 46.3 Å². The van der Waals surface area contributed by atoms with Crippen molar-refractivity contribution < 1.29 is 4.79 Å². The molecule has 0 fully saturated rings. The molecule has 1 aromatic rings. The van der Waals surface area contributed by atoms with Gasteiger partial charge in [-0.1, -0.05) is 43.7 Å². The van der Waals surface area contributed by atoms with Gasteiger partial charge in [0.15, 0.2) is 0 Å². The molecule has 0 radical (unpaired) electrons. The lowest BCUT2D eigenvalue weighted by molar-refractivity contribution is -0.132. The highest BCUT2D eigenvalue weighted by atomic mass is 16.2. The molecule has 2 N–H and O–H groups in total. The van der Waals surface area contributed by atoms with Crippen molar-refractivity contribution >= 4 is 5.91 Å². The maximum Gasteiger partial charge on any atom is 0.222 e. The van der Waals surface area contributed by atoms with Gasteiger partial charge in [-0.25, -0.2) is 0 Å². The minimum absolute atomic E-state index is 0.123. The number of benzene rings is 1. The third kappa shape index (κ3) is 4.97. The van der Waals surface area contributed by atoms with Crippen LogP contribution in [0.5, 0.6) is 0 Å². The molecule has 1 aromatic carbocycles. The monoisotopic (exact) mass is 276 g/mol. The zero-order valence-electron chi connectivity index (χ0n) is 13.0. The molecule has 0 heterocycles. The lowest BCUT2D eigenvalue weighted by Gasteiger charge is -2.26. The van der Waals surface area contributed by atoms with E-state index in [9.17, 15) is 4.79 Å². The van der Waals surface area contributed by atoms with Crippen LogP contribution >= 0.6 is 0 Å². The number of nitrogens with zero attached hydrogens (tertiary/aromatic N) is 1. The van der Waals surface area contributed by atoms with Gasteiger partial charge in [-0.15, -0.1) is 0 Å². The highest BCUT2D eigenvalue weighted by molar-refractivity contribution is 5.76. The quantitative estimate of drug-likeness (QED) is 0.791. The molecular weight excluding hydrogens is 248 g/mol. The fourth-order valence-electron chi connectivity index (χ4n) is 2.46. The van der Waals surface area contributed by atoms with E-state index in [4.69, 9.17) is 5.73 Å². The zero-order valence-corrected chi connectivity index (χ0v) is 13.0. The van der Waals surface area contributed by atoms with Crippen molar-refractivity contribution in [1.82, 2.24) is 4.90 Å². The molecule has 0 aliphatic rings. The fraction of sp³-hybridized carbons (Fsp3) is 0.588. The summed E-state index contributed by atoms with van der Waals surface area (Å²) in [7, 11) is 1.89. The van der Waals surface area contributed by atoms with E-state index in [2.05, 4.69) is 26.0 Å². The van der Waals surface area contributed by atoms with Crippen molar-refractivity contribution in [3.05, 3.63) is 35.9 Å². The Morgan fingerprint density at radius 1 is 1.25 bits per heavy atom. The van der Waals surface area contributed by atoms with Gasteiger partial charge in [0, 0.05) is 13.5 Å². The van der Waals surface area contributed by atoms with E-state index in [1.807, 2.05) is 30.1 Å². The summed E-state index contributed by atoms with van der Waals surface area (Å²) in [6.07, 6.45) is 3.68. The number of rotatable bonds is 8. The van der Waals surface area contributed by atoms with Gasteiger partial charge in [-0.05, 0) is 37.8 Å². The lowest BCUT2D eigenvalue weighted by atomic mass is 9.96. The van der Waals surface area contributed by atoms with E-state index in [1.54, 1.807) is 0 Å².